The average molecular weight is 204 g/mol. The molecule has 0 aromatic carbocycles. The fraction of sp³-hybridized carbons (Fsp3) is 0.500. The van der Waals surface area contributed by atoms with Crippen molar-refractivity contribution in [3.05, 3.63) is 18.1 Å². The summed E-state index contributed by atoms with van der Waals surface area (Å²) in [5, 5.41) is 0. The molecule has 0 radical (unpaired) electrons. The van der Waals surface area contributed by atoms with Crippen molar-refractivity contribution in [2.45, 2.75) is 33.1 Å². The molecule has 1 heterocycles. The lowest BCUT2D eigenvalue weighted by Crippen LogP contribution is -2.00. The van der Waals surface area contributed by atoms with Crippen molar-refractivity contribution in [1.29, 1.82) is 0 Å². The molecule has 3 nitrogen and oxygen atoms in total. The van der Waals surface area contributed by atoms with Crippen LogP contribution in [0.3, 0.4) is 0 Å². The summed E-state index contributed by atoms with van der Waals surface area (Å²) in [6, 6.07) is 0. The number of hydrogen-bond donors (Lipinski definition) is 0. The Kier molecular flexibility index (Phi) is 4.62. The third-order valence-electron chi connectivity index (χ3n) is 1.89. The van der Waals surface area contributed by atoms with Gasteiger partial charge in [-0.1, -0.05) is 13.8 Å². The zero-order valence-corrected chi connectivity index (χ0v) is 9.45. The lowest BCUT2D eigenvalue weighted by atomic mass is 10.1. The lowest BCUT2D eigenvalue weighted by Gasteiger charge is -2.05. The summed E-state index contributed by atoms with van der Waals surface area (Å²) in [5.74, 6) is 6.70. The molecule has 15 heavy (non-hydrogen) atoms. The fourth-order valence-corrected chi connectivity index (χ4v) is 1.03. The second-order valence-corrected chi connectivity index (χ2v) is 3.46. The highest BCUT2D eigenvalue weighted by molar-refractivity contribution is 5.09. The van der Waals surface area contributed by atoms with E-state index in [0.717, 1.165) is 12.1 Å². The Morgan fingerprint density at radius 1 is 1.33 bits per heavy atom. The maximum Gasteiger partial charge on any atom is 0.232 e. The summed E-state index contributed by atoms with van der Waals surface area (Å²) in [4.78, 5) is 8.42. The summed E-state index contributed by atoms with van der Waals surface area (Å²) in [6.07, 6.45) is 4.14. The highest BCUT2D eigenvalue weighted by Crippen LogP contribution is 2.11. The van der Waals surface area contributed by atoms with Crippen molar-refractivity contribution < 1.29 is 4.74 Å². The molecule has 0 amide bonds. The normalized spacial score (nSPS) is 9.60. The Balaban J connectivity index is 2.45. The molecule has 0 aliphatic heterocycles. The number of rotatable bonds is 4. The van der Waals surface area contributed by atoms with E-state index in [1.165, 1.54) is 0 Å². The Morgan fingerprint density at radius 2 is 2.13 bits per heavy atom. The summed E-state index contributed by atoms with van der Waals surface area (Å²) >= 11 is 0. The van der Waals surface area contributed by atoms with E-state index in [0.29, 0.717) is 18.4 Å². The van der Waals surface area contributed by atoms with Gasteiger partial charge < -0.3 is 4.74 Å². The van der Waals surface area contributed by atoms with E-state index in [-0.39, 0.29) is 0 Å². The van der Waals surface area contributed by atoms with Gasteiger partial charge >= 0.3 is 0 Å². The molecule has 0 saturated carbocycles. The maximum atomic E-state index is 5.37. The predicted molar refractivity (Wildman–Crippen MR) is 59.7 cm³/mol. The van der Waals surface area contributed by atoms with Gasteiger partial charge in [-0.3, -0.25) is 4.98 Å². The minimum absolute atomic E-state index is 0.400. The Hall–Kier alpha value is -1.56. The van der Waals surface area contributed by atoms with Gasteiger partial charge in [-0.2, -0.15) is 0 Å². The van der Waals surface area contributed by atoms with Crippen LogP contribution in [0.5, 0.6) is 5.88 Å². The molecule has 0 spiro atoms. The van der Waals surface area contributed by atoms with Gasteiger partial charge in [0.1, 0.15) is 6.61 Å². The number of nitrogens with zero attached hydrogens (tertiary/aromatic N) is 2. The highest BCUT2D eigenvalue weighted by atomic mass is 16.5. The first-order valence-corrected chi connectivity index (χ1v) is 5.08. The van der Waals surface area contributed by atoms with Crippen LogP contribution < -0.4 is 4.74 Å². The van der Waals surface area contributed by atoms with Crippen LogP contribution in [0, 0.1) is 11.8 Å². The molecule has 0 saturated heterocycles. The first-order chi connectivity index (χ1) is 7.24. The van der Waals surface area contributed by atoms with Crippen LogP contribution in [0.2, 0.25) is 0 Å². The molecule has 0 bridgehead atoms. The molecular formula is C12H16N2O. The molecule has 80 valence electrons. The summed E-state index contributed by atoms with van der Waals surface area (Å²) in [5.41, 5.74) is 0.982. The van der Waals surface area contributed by atoms with Crippen LogP contribution in [0.1, 0.15) is 38.8 Å². The standard InChI is InChI=1S/C12H16N2O/c1-4-5-6-7-15-12-9-13-11(8-14-12)10(2)3/h8-10H,6-7H2,1-3H3. The van der Waals surface area contributed by atoms with Crippen molar-refractivity contribution in [3.63, 3.8) is 0 Å². The van der Waals surface area contributed by atoms with Gasteiger partial charge in [-0.15, -0.1) is 11.8 Å². The van der Waals surface area contributed by atoms with Gasteiger partial charge in [0, 0.05) is 6.42 Å². The molecule has 1 aromatic rings. The number of ether oxygens (including phenoxy) is 1. The van der Waals surface area contributed by atoms with Crippen LogP contribution in [-0.2, 0) is 0 Å². The largest absolute Gasteiger partial charge is 0.476 e. The first-order valence-electron chi connectivity index (χ1n) is 5.08. The molecule has 0 aliphatic carbocycles. The smallest absolute Gasteiger partial charge is 0.232 e. The molecule has 0 N–H and O–H groups in total. The van der Waals surface area contributed by atoms with E-state index >= 15 is 0 Å². The van der Waals surface area contributed by atoms with Crippen molar-refractivity contribution in [2.75, 3.05) is 6.61 Å². The van der Waals surface area contributed by atoms with Gasteiger partial charge in [0.15, 0.2) is 0 Å². The van der Waals surface area contributed by atoms with E-state index in [9.17, 15) is 0 Å². The number of aromatic nitrogens is 2. The van der Waals surface area contributed by atoms with E-state index in [1.807, 2.05) is 6.92 Å². The zero-order chi connectivity index (χ0) is 11.1. The molecular weight excluding hydrogens is 188 g/mol. The second-order valence-electron chi connectivity index (χ2n) is 3.46. The molecule has 1 rings (SSSR count). The second kappa shape index (κ2) is 6.02. The molecule has 0 unspecified atom stereocenters. The van der Waals surface area contributed by atoms with Crippen LogP contribution in [-0.4, -0.2) is 16.6 Å². The van der Waals surface area contributed by atoms with E-state index in [4.69, 9.17) is 4.74 Å². The van der Waals surface area contributed by atoms with Gasteiger partial charge in [0.25, 0.3) is 0 Å². The van der Waals surface area contributed by atoms with Crippen molar-refractivity contribution in [2.24, 2.45) is 0 Å². The van der Waals surface area contributed by atoms with Gasteiger partial charge in [-0.25, -0.2) is 4.98 Å². The Bertz CT molecular complexity index is 346. The summed E-state index contributed by atoms with van der Waals surface area (Å²) < 4.78 is 5.37. The van der Waals surface area contributed by atoms with Gasteiger partial charge in [0.2, 0.25) is 5.88 Å². The predicted octanol–water partition coefficient (Wildman–Crippen LogP) is 2.39. The van der Waals surface area contributed by atoms with Crippen LogP contribution in [0.4, 0.5) is 0 Å². The third kappa shape index (κ3) is 3.99. The van der Waals surface area contributed by atoms with Crippen molar-refractivity contribution in [3.8, 4) is 17.7 Å². The Morgan fingerprint density at radius 3 is 2.67 bits per heavy atom. The lowest BCUT2D eigenvalue weighted by molar-refractivity contribution is 0.312. The first kappa shape index (κ1) is 11.5. The molecule has 0 atom stereocenters. The minimum atomic E-state index is 0.400. The highest BCUT2D eigenvalue weighted by Gasteiger charge is 2.01. The summed E-state index contributed by atoms with van der Waals surface area (Å²) in [6.45, 7) is 6.55. The monoisotopic (exact) mass is 204 g/mol. The van der Waals surface area contributed by atoms with Crippen LogP contribution in [0.25, 0.3) is 0 Å². The van der Waals surface area contributed by atoms with E-state index in [1.54, 1.807) is 12.4 Å². The van der Waals surface area contributed by atoms with Gasteiger partial charge in [-0.05, 0) is 12.8 Å². The fourth-order valence-electron chi connectivity index (χ4n) is 1.03. The SMILES string of the molecule is CC#CCCOc1cnc(C(C)C)cn1. The maximum absolute atomic E-state index is 5.37. The minimum Gasteiger partial charge on any atom is -0.476 e. The van der Waals surface area contributed by atoms with E-state index < -0.39 is 0 Å². The van der Waals surface area contributed by atoms with E-state index in [2.05, 4.69) is 35.7 Å². The quantitative estimate of drug-likeness (QED) is 0.558. The van der Waals surface area contributed by atoms with Gasteiger partial charge in [0.05, 0.1) is 18.1 Å². The number of hydrogen-bond acceptors (Lipinski definition) is 3. The molecule has 1 aromatic heterocycles. The third-order valence-corrected chi connectivity index (χ3v) is 1.89. The Labute approximate surface area is 90.9 Å². The van der Waals surface area contributed by atoms with Crippen molar-refractivity contribution in [1.82, 2.24) is 9.97 Å². The summed E-state index contributed by atoms with van der Waals surface area (Å²) in [7, 11) is 0. The zero-order valence-electron chi connectivity index (χ0n) is 9.45. The molecule has 3 heteroatoms. The van der Waals surface area contributed by atoms with Crippen LogP contribution in [0.15, 0.2) is 12.4 Å². The average Bonchev–Trinajstić information content (AvgIpc) is 2.25. The van der Waals surface area contributed by atoms with Crippen LogP contribution >= 0.6 is 0 Å². The topological polar surface area (TPSA) is 35.0 Å². The molecule has 0 fully saturated rings. The van der Waals surface area contributed by atoms with Crippen molar-refractivity contribution >= 4 is 0 Å². The molecule has 0 aliphatic rings.